The summed E-state index contributed by atoms with van der Waals surface area (Å²) in [6, 6.07) is -1.80. The molecule has 26 heavy (non-hydrogen) atoms. The van der Waals surface area contributed by atoms with Crippen molar-refractivity contribution in [3.8, 4) is 0 Å². The number of rotatable bonds is 4. The zero-order valence-electron chi connectivity index (χ0n) is 15.7. The summed E-state index contributed by atoms with van der Waals surface area (Å²) >= 11 is 0. The topological polar surface area (TPSA) is 95.6 Å². The highest BCUT2D eigenvalue weighted by atomic mass is 32.2. The third-order valence-corrected chi connectivity index (χ3v) is 7.66. The lowest BCUT2D eigenvalue weighted by atomic mass is 9.84. The van der Waals surface area contributed by atoms with Gasteiger partial charge in [0.2, 0.25) is 10.0 Å². The van der Waals surface area contributed by atoms with Gasteiger partial charge in [0, 0.05) is 12.1 Å². The zero-order valence-corrected chi connectivity index (χ0v) is 16.6. The van der Waals surface area contributed by atoms with E-state index in [4.69, 9.17) is 0 Å². The maximum absolute atomic E-state index is 12.5. The monoisotopic (exact) mass is 385 g/mol. The normalized spacial score (nSPS) is 30.0. The summed E-state index contributed by atoms with van der Waals surface area (Å²) in [5.41, 5.74) is 0. The molecule has 3 rings (SSSR count). The Kier molecular flexibility index (Phi) is 5.79. The van der Waals surface area contributed by atoms with Gasteiger partial charge in [-0.1, -0.05) is 25.7 Å². The molecule has 7 nitrogen and oxygen atoms in total. The first-order valence-electron chi connectivity index (χ1n) is 9.86. The molecule has 0 aliphatic heterocycles. The number of nitrogens with zero attached hydrogens (tertiary/aromatic N) is 1. The molecule has 2 bridgehead atoms. The SMILES string of the molecule is CC(NC(=O)NC(=O)N(C1CCCCC1)S(C)(=O)=O)C1CC2CCC1C2. The Morgan fingerprint density at radius 2 is 1.73 bits per heavy atom. The highest BCUT2D eigenvalue weighted by molar-refractivity contribution is 7.88. The minimum Gasteiger partial charge on any atom is -0.335 e. The van der Waals surface area contributed by atoms with E-state index in [9.17, 15) is 18.0 Å². The zero-order chi connectivity index (χ0) is 18.9. The molecule has 0 saturated heterocycles. The van der Waals surface area contributed by atoms with E-state index in [1.807, 2.05) is 6.92 Å². The standard InChI is InChI=1S/C18H31N3O4S/c1-12(16-11-13-8-9-14(16)10-13)19-17(22)20-18(23)21(26(2,24)25)15-6-4-3-5-7-15/h12-16H,3-11H2,1-2H3,(H2,19,20,22,23). The van der Waals surface area contributed by atoms with Crippen LogP contribution in [0.1, 0.15) is 64.7 Å². The highest BCUT2D eigenvalue weighted by Gasteiger charge is 2.42. The summed E-state index contributed by atoms with van der Waals surface area (Å²) in [6.07, 6.45) is 10.1. The van der Waals surface area contributed by atoms with Crippen LogP contribution in [0.15, 0.2) is 0 Å². The van der Waals surface area contributed by atoms with Crippen molar-refractivity contribution in [1.29, 1.82) is 0 Å². The molecule has 8 heteroatoms. The summed E-state index contributed by atoms with van der Waals surface area (Å²) in [4.78, 5) is 24.8. The average Bonchev–Trinajstić information content (AvgIpc) is 3.17. The fourth-order valence-corrected chi connectivity index (χ4v) is 6.41. The smallest absolute Gasteiger partial charge is 0.335 e. The molecule has 3 aliphatic rings. The average molecular weight is 386 g/mol. The van der Waals surface area contributed by atoms with Gasteiger partial charge in [0.15, 0.2) is 0 Å². The molecule has 4 atom stereocenters. The summed E-state index contributed by atoms with van der Waals surface area (Å²) in [6.45, 7) is 1.98. The second kappa shape index (κ2) is 7.74. The largest absolute Gasteiger partial charge is 0.339 e. The van der Waals surface area contributed by atoms with E-state index in [1.54, 1.807) is 0 Å². The van der Waals surface area contributed by atoms with Gasteiger partial charge < -0.3 is 5.32 Å². The number of nitrogens with one attached hydrogen (secondary N) is 2. The van der Waals surface area contributed by atoms with Crippen LogP contribution in [-0.2, 0) is 10.0 Å². The van der Waals surface area contributed by atoms with Crippen molar-refractivity contribution in [3.05, 3.63) is 0 Å². The maximum atomic E-state index is 12.5. The Balaban J connectivity index is 1.57. The van der Waals surface area contributed by atoms with Crippen LogP contribution in [0.25, 0.3) is 0 Å². The number of sulfonamides is 1. The molecule has 4 unspecified atom stereocenters. The second-order valence-corrected chi connectivity index (χ2v) is 10.2. The summed E-state index contributed by atoms with van der Waals surface area (Å²) in [5, 5.41) is 5.09. The molecular weight excluding hydrogens is 354 g/mol. The molecule has 0 heterocycles. The van der Waals surface area contributed by atoms with Crippen LogP contribution in [-0.4, -0.2) is 43.1 Å². The van der Waals surface area contributed by atoms with E-state index in [1.165, 1.54) is 19.3 Å². The second-order valence-electron chi connectivity index (χ2n) is 8.38. The molecular formula is C18H31N3O4S. The quantitative estimate of drug-likeness (QED) is 0.778. The van der Waals surface area contributed by atoms with Crippen LogP contribution in [0.2, 0.25) is 0 Å². The number of hydrogen-bond acceptors (Lipinski definition) is 4. The lowest BCUT2D eigenvalue weighted by Crippen LogP contribution is -2.54. The third kappa shape index (κ3) is 4.32. The van der Waals surface area contributed by atoms with Crippen molar-refractivity contribution in [2.75, 3.05) is 6.26 Å². The van der Waals surface area contributed by atoms with Gasteiger partial charge in [-0.05, 0) is 56.8 Å². The Labute approximate surface area is 156 Å². The Morgan fingerprint density at radius 1 is 1.04 bits per heavy atom. The molecule has 0 aromatic heterocycles. The van der Waals surface area contributed by atoms with E-state index < -0.39 is 22.1 Å². The predicted octanol–water partition coefficient (Wildman–Crippen LogP) is 2.82. The highest BCUT2D eigenvalue weighted by Crippen LogP contribution is 2.49. The molecule has 4 amide bonds. The molecule has 3 fully saturated rings. The first-order valence-corrected chi connectivity index (χ1v) is 11.7. The number of imide groups is 1. The number of amides is 4. The third-order valence-electron chi connectivity index (χ3n) is 6.48. The van der Waals surface area contributed by atoms with E-state index in [2.05, 4.69) is 10.6 Å². The molecule has 3 aliphatic carbocycles. The van der Waals surface area contributed by atoms with Gasteiger partial charge in [0.1, 0.15) is 0 Å². The molecule has 0 aromatic rings. The van der Waals surface area contributed by atoms with Crippen molar-refractivity contribution in [2.24, 2.45) is 17.8 Å². The summed E-state index contributed by atoms with van der Waals surface area (Å²) in [5.74, 6) is 1.91. The van der Waals surface area contributed by atoms with Gasteiger partial charge in [-0.25, -0.2) is 22.3 Å². The van der Waals surface area contributed by atoms with Crippen LogP contribution in [0.4, 0.5) is 9.59 Å². The first-order chi connectivity index (χ1) is 12.3. The maximum Gasteiger partial charge on any atom is 0.339 e. The Bertz CT molecular complexity index is 645. The molecule has 3 saturated carbocycles. The fraction of sp³-hybridized carbons (Fsp3) is 0.889. The van der Waals surface area contributed by atoms with Gasteiger partial charge >= 0.3 is 12.1 Å². The number of carbonyl (C=O) groups excluding carboxylic acids is 2. The van der Waals surface area contributed by atoms with E-state index in [-0.39, 0.29) is 12.1 Å². The first kappa shape index (κ1) is 19.5. The molecule has 148 valence electrons. The molecule has 0 spiro atoms. The van der Waals surface area contributed by atoms with Crippen molar-refractivity contribution in [3.63, 3.8) is 0 Å². The van der Waals surface area contributed by atoms with Crippen LogP contribution >= 0.6 is 0 Å². The number of urea groups is 2. The van der Waals surface area contributed by atoms with Crippen LogP contribution in [0, 0.1) is 17.8 Å². The fourth-order valence-electron chi connectivity index (χ4n) is 5.31. The number of fused-ring (bicyclic) bond motifs is 2. The van der Waals surface area contributed by atoms with E-state index >= 15 is 0 Å². The van der Waals surface area contributed by atoms with Crippen molar-refractivity contribution >= 4 is 22.1 Å². The van der Waals surface area contributed by atoms with Crippen LogP contribution < -0.4 is 10.6 Å². The van der Waals surface area contributed by atoms with Crippen molar-refractivity contribution < 1.29 is 18.0 Å². The molecule has 2 N–H and O–H groups in total. The summed E-state index contributed by atoms with van der Waals surface area (Å²) in [7, 11) is -3.72. The predicted molar refractivity (Wildman–Crippen MR) is 99.0 cm³/mol. The lowest BCUT2D eigenvalue weighted by molar-refractivity contribution is 0.193. The molecule has 0 radical (unpaired) electrons. The van der Waals surface area contributed by atoms with Gasteiger partial charge in [0.25, 0.3) is 0 Å². The Morgan fingerprint density at radius 3 is 2.27 bits per heavy atom. The number of carbonyl (C=O) groups is 2. The van der Waals surface area contributed by atoms with Crippen molar-refractivity contribution in [2.45, 2.75) is 76.8 Å². The van der Waals surface area contributed by atoms with Crippen LogP contribution in [0.5, 0.6) is 0 Å². The minimum absolute atomic E-state index is 0.0144. The van der Waals surface area contributed by atoms with E-state index in [0.29, 0.717) is 24.7 Å². The van der Waals surface area contributed by atoms with E-state index in [0.717, 1.165) is 42.2 Å². The summed E-state index contributed by atoms with van der Waals surface area (Å²) < 4.78 is 25.1. The Hall–Kier alpha value is -1.31. The molecule has 0 aromatic carbocycles. The van der Waals surface area contributed by atoms with Gasteiger partial charge in [-0.15, -0.1) is 0 Å². The van der Waals surface area contributed by atoms with Gasteiger partial charge in [0.05, 0.1) is 6.26 Å². The van der Waals surface area contributed by atoms with Gasteiger partial charge in [-0.2, -0.15) is 0 Å². The van der Waals surface area contributed by atoms with Crippen LogP contribution in [0.3, 0.4) is 0 Å². The van der Waals surface area contributed by atoms with Crippen molar-refractivity contribution in [1.82, 2.24) is 14.9 Å². The lowest BCUT2D eigenvalue weighted by Gasteiger charge is -2.32. The number of hydrogen-bond donors (Lipinski definition) is 2. The minimum atomic E-state index is -3.72. The van der Waals surface area contributed by atoms with Gasteiger partial charge in [-0.3, -0.25) is 5.32 Å².